The molecule has 0 bridgehead atoms. The van der Waals surface area contributed by atoms with Crippen LogP contribution in [0.4, 0.5) is 5.69 Å². The van der Waals surface area contributed by atoms with E-state index in [4.69, 9.17) is 0 Å². The lowest BCUT2D eigenvalue weighted by atomic mass is 9.97. The second-order valence-corrected chi connectivity index (χ2v) is 5.88. The molecule has 0 spiro atoms. The molecule has 1 N–H and O–H groups in total. The van der Waals surface area contributed by atoms with Crippen LogP contribution in [0.2, 0.25) is 0 Å². The molecule has 0 saturated heterocycles. The molecule has 3 heteroatoms. The summed E-state index contributed by atoms with van der Waals surface area (Å²) in [5.41, 5.74) is 4.18. The quantitative estimate of drug-likeness (QED) is 0.792. The van der Waals surface area contributed by atoms with Crippen LogP contribution in [0.5, 0.6) is 0 Å². The van der Waals surface area contributed by atoms with E-state index in [1.165, 1.54) is 29.5 Å². The van der Waals surface area contributed by atoms with Crippen molar-refractivity contribution >= 4 is 5.69 Å². The highest BCUT2D eigenvalue weighted by Gasteiger charge is 2.23. The number of aryl methyl sites for hydroxylation is 1. The summed E-state index contributed by atoms with van der Waals surface area (Å²) >= 11 is 0. The van der Waals surface area contributed by atoms with E-state index < -0.39 is 0 Å². The lowest BCUT2D eigenvalue weighted by Crippen LogP contribution is -2.24. The van der Waals surface area contributed by atoms with E-state index in [-0.39, 0.29) is 6.04 Å². The molecule has 3 rings (SSSR count). The molecular weight excluding hydrogens is 260 g/mol. The van der Waals surface area contributed by atoms with E-state index in [0.717, 1.165) is 12.5 Å². The minimum Gasteiger partial charge on any atom is -0.306 e. The molecule has 0 aliphatic heterocycles. The minimum atomic E-state index is 0.172. The summed E-state index contributed by atoms with van der Waals surface area (Å²) in [6.07, 6.45) is 2.67. The summed E-state index contributed by atoms with van der Waals surface area (Å²) in [7, 11) is 0. The zero-order valence-electron chi connectivity index (χ0n) is 12.3. The molecule has 0 amide bonds. The van der Waals surface area contributed by atoms with Gasteiger partial charge in [0.25, 0.3) is 0 Å². The lowest BCUT2D eigenvalue weighted by molar-refractivity contribution is 0.573. The van der Waals surface area contributed by atoms with Crippen LogP contribution in [0.3, 0.4) is 0 Å². The summed E-state index contributed by atoms with van der Waals surface area (Å²) in [6.45, 7) is 3.16. The van der Waals surface area contributed by atoms with E-state index in [1.54, 1.807) is 12.1 Å². The third-order valence-electron chi connectivity index (χ3n) is 4.01. The Morgan fingerprint density at radius 2 is 1.90 bits per heavy atom. The fourth-order valence-electron chi connectivity index (χ4n) is 2.61. The third-order valence-corrected chi connectivity index (χ3v) is 4.01. The number of hydrogen-bond acceptors (Lipinski definition) is 3. The van der Waals surface area contributed by atoms with E-state index >= 15 is 0 Å². The summed E-state index contributed by atoms with van der Waals surface area (Å²) in [6, 6.07) is 16.3. The van der Waals surface area contributed by atoms with Crippen LogP contribution in [0.15, 0.2) is 53.7 Å². The maximum atomic E-state index is 10.6. The number of hydrogen-bond donors (Lipinski definition) is 1. The fourth-order valence-corrected chi connectivity index (χ4v) is 2.61. The average molecular weight is 280 g/mol. The number of nitrogens with zero attached hydrogens (tertiary/aromatic N) is 1. The van der Waals surface area contributed by atoms with Crippen LogP contribution in [0.1, 0.15) is 35.6 Å². The molecule has 1 saturated carbocycles. The minimum absolute atomic E-state index is 0.172. The summed E-state index contributed by atoms with van der Waals surface area (Å²) in [4.78, 5) is 10.6. The van der Waals surface area contributed by atoms with Crippen molar-refractivity contribution < 1.29 is 0 Å². The second kappa shape index (κ2) is 6.19. The average Bonchev–Trinajstić information content (AvgIpc) is 3.32. The molecule has 21 heavy (non-hydrogen) atoms. The van der Waals surface area contributed by atoms with E-state index in [1.807, 2.05) is 12.1 Å². The third kappa shape index (κ3) is 3.56. The van der Waals surface area contributed by atoms with Gasteiger partial charge in [-0.3, -0.25) is 0 Å². The fraction of sp³-hybridized carbons (Fsp3) is 0.333. The molecule has 1 atom stereocenters. The van der Waals surface area contributed by atoms with Crippen LogP contribution in [-0.2, 0) is 0 Å². The maximum absolute atomic E-state index is 10.6. The molecule has 0 heterocycles. The topological polar surface area (TPSA) is 41.5 Å². The highest BCUT2D eigenvalue weighted by Crippen LogP contribution is 2.30. The maximum Gasteiger partial charge on any atom is 0.108 e. The van der Waals surface area contributed by atoms with E-state index in [9.17, 15) is 4.91 Å². The predicted octanol–water partition coefficient (Wildman–Crippen LogP) is 4.48. The Bertz CT molecular complexity index is 617. The summed E-state index contributed by atoms with van der Waals surface area (Å²) in [5.74, 6) is 0.827. The van der Waals surface area contributed by atoms with Crippen molar-refractivity contribution in [3.63, 3.8) is 0 Å². The molecule has 108 valence electrons. The normalized spacial score (nSPS) is 15.7. The van der Waals surface area contributed by atoms with Crippen LogP contribution >= 0.6 is 0 Å². The summed E-state index contributed by atoms with van der Waals surface area (Å²) in [5, 5.41) is 6.64. The molecule has 3 nitrogen and oxygen atoms in total. The van der Waals surface area contributed by atoms with Gasteiger partial charge in [-0.25, -0.2) is 0 Å². The van der Waals surface area contributed by atoms with Crippen LogP contribution in [-0.4, -0.2) is 6.54 Å². The van der Waals surface area contributed by atoms with Gasteiger partial charge >= 0.3 is 0 Å². The van der Waals surface area contributed by atoms with Gasteiger partial charge in [-0.1, -0.05) is 42.0 Å². The first-order valence-corrected chi connectivity index (χ1v) is 7.49. The Labute approximate surface area is 125 Å². The molecule has 1 aliphatic rings. The van der Waals surface area contributed by atoms with Gasteiger partial charge in [0.05, 0.1) is 6.04 Å². The first-order chi connectivity index (χ1) is 10.3. The van der Waals surface area contributed by atoms with Crippen LogP contribution < -0.4 is 5.32 Å². The molecule has 1 aliphatic carbocycles. The van der Waals surface area contributed by atoms with Crippen molar-refractivity contribution in [1.82, 2.24) is 5.32 Å². The molecular formula is C18H20N2O. The van der Waals surface area contributed by atoms with Gasteiger partial charge in [0.15, 0.2) is 0 Å². The van der Waals surface area contributed by atoms with Gasteiger partial charge in [-0.05, 0) is 60.7 Å². The number of nitroso groups, excluding NO2 is 1. The van der Waals surface area contributed by atoms with Gasteiger partial charge in [-0.2, -0.15) is 0 Å². The summed E-state index contributed by atoms with van der Waals surface area (Å²) < 4.78 is 0. The standard InChI is InChI=1S/C18H20N2O/c1-13-3-2-4-16(11-13)18(19-12-14-5-6-14)15-7-9-17(20-21)10-8-15/h2-4,7-11,14,18-19H,5-6,12H2,1H3. The molecule has 1 unspecified atom stereocenters. The van der Waals surface area contributed by atoms with Crippen molar-refractivity contribution in [1.29, 1.82) is 0 Å². The van der Waals surface area contributed by atoms with E-state index in [0.29, 0.717) is 5.69 Å². The Hall–Kier alpha value is -2.00. The van der Waals surface area contributed by atoms with Crippen molar-refractivity contribution in [2.24, 2.45) is 11.1 Å². The van der Waals surface area contributed by atoms with Crippen molar-refractivity contribution in [2.45, 2.75) is 25.8 Å². The molecule has 0 aromatic heterocycles. The van der Waals surface area contributed by atoms with Crippen molar-refractivity contribution in [3.8, 4) is 0 Å². The Morgan fingerprint density at radius 3 is 2.52 bits per heavy atom. The first-order valence-electron chi connectivity index (χ1n) is 7.49. The lowest BCUT2D eigenvalue weighted by Gasteiger charge is -2.20. The molecule has 1 fully saturated rings. The van der Waals surface area contributed by atoms with Crippen LogP contribution in [0.25, 0.3) is 0 Å². The molecule has 0 radical (unpaired) electrons. The zero-order chi connectivity index (χ0) is 14.7. The van der Waals surface area contributed by atoms with Gasteiger partial charge in [-0.15, -0.1) is 4.91 Å². The predicted molar refractivity (Wildman–Crippen MR) is 85.6 cm³/mol. The van der Waals surface area contributed by atoms with Crippen LogP contribution in [0, 0.1) is 17.7 Å². The zero-order valence-corrected chi connectivity index (χ0v) is 12.3. The van der Waals surface area contributed by atoms with E-state index in [2.05, 4.69) is 41.7 Å². The number of rotatable bonds is 6. The van der Waals surface area contributed by atoms with Gasteiger partial charge in [0.1, 0.15) is 5.69 Å². The smallest absolute Gasteiger partial charge is 0.108 e. The number of nitrogens with one attached hydrogen (secondary N) is 1. The van der Waals surface area contributed by atoms with Gasteiger partial charge in [0, 0.05) is 0 Å². The number of benzene rings is 2. The Morgan fingerprint density at radius 1 is 1.14 bits per heavy atom. The van der Waals surface area contributed by atoms with Crippen molar-refractivity contribution in [3.05, 3.63) is 70.1 Å². The molecule has 2 aromatic rings. The Kier molecular flexibility index (Phi) is 4.11. The highest BCUT2D eigenvalue weighted by molar-refractivity contribution is 5.42. The van der Waals surface area contributed by atoms with Crippen molar-refractivity contribution in [2.75, 3.05) is 6.54 Å². The van der Waals surface area contributed by atoms with Gasteiger partial charge < -0.3 is 5.32 Å². The SMILES string of the molecule is Cc1cccc(C(NCC2CC2)c2ccc(N=O)cc2)c1. The van der Waals surface area contributed by atoms with Gasteiger partial charge in [0.2, 0.25) is 0 Å². The monoisotopic (exact) mass is 280 g/mol. The highest BCUT2D eigenvalue weighted by atomic mass is 16.3. The molecule has 2 aromatic carbocycles. The first kappa shape index (κ1) is 14.0. The largest absolute Gasteiger partial charge is 0.306 e. The Balaban J connectivity index is 1.87. The second-order valence-electron chi connectivity index (χ2n) is 5.88.